The van der Waals surface area contributed by atoms with Crippen molar-refractivity contribution in [2.45, 2.75) is 58.0 Å². The number of rotatable bonds is 4. The van der Waals surface area contributed by atoms with Gasteiger partial charge < -0.3 is 9.30 Å². The smallest absolute Gasteiger partial charge is 0.378 e. The van der Waals surface area contributed by atoms with Crippen molar-refractivity contribution in [2.75, 3.05) is 20.2 Å². The summed E-state index contributed by atoms with van der Waals surface area (Å²) in [5.74, 6) is 0.590. The number of aryl methyl sites for hydroxylation is 1. The van der Waals surface area contributed by atoms with E-state index in [1.807, 2.05) is 7.05 Å². The largest absolute Gasteiger partial charge is 0.393 e. The van der Waals surface area contributed by atoms with Crippen LogP contribution < -0.4 is 0 Å². The molecule has 3 atom stereocenters. The summed E-state index contributed by atoms with van der Waals surface area (Å²) in [4.78, 5) is 2.14. The Balaban J connectivity index is 1.61. The SMILES string of the molecule is CC1CC(CN(C)Cc2nnc3n2CC(C(F)(F)F)CC3)CCO1. The van der Waals surface area contributed by atoms with Gasteiger partial charge in [0.2, 0.25) is 0 Å². The molecule has 1 aromatic rings. The molecule has 136 valence electrons. The minimum atomic E-state index is -4.15. The number of fused-ring (bicyclic) bond motifs is 1. The summed E-state index contributed by atoms with van der Waals surface area (Å²) in [7, 11) is 1.99. The zero-order valence-corrected chi connectivity index (χ0v) is 14.2. The molecule has 0 bridgehead atoms. The fourth-order valence-electron chi connectivity index (χ4n) is 3.77. The molecule has 24 heavy (non-hydrogen) atoms. The molecule has 0 spiro atoms. The first-order chi connectivity index (χ1) is 11.3. The van der Waals surface area contributed by atoms with Crippen LogP contribution in [-0.2, 0) is 24.2 Å². The molecule has 1 aromatic heterocycles. The highest BCUT2D eigenvalue weighted by Crippen LogP contribution is 2.34. The summed E-state index contributed by atoms with van der Waals surface area (Å²) < 4.78 is 46.2. The highest BCUT2D eigenvalue weighted by Gasteiger charge is 2.42. The van der Waals surface area contributed by atoms with Crippen molar-refractivity contribution in [1.82, 2.24) is 19.7 Å². The number of nitrogens with zero attached hydrogens (tertiary/aromatic N) is 4. The maximum absolute atomic E-state index is 13.0. The van der Waals surface area contributed by atoms with Crippen LogP contribution in [0, 0.1) is 11.8 Å². The first kappa shape index (κ1) is 17.7. The summed E-state index contributed by atoms with van der Waals surface area (Å²) in [6.45, 7) is 4.25. The number of alkyl halides is 3. The second kappa shape index (κ2) is 7.00. The molecule has 5 nitrogen and oxygen atoms in total. The lowest BCUT2D eigenvalue weighted by Gasteiger charge is -2.31. The maximum Gasteiger partial charge on any atom is 0.393 e. The molecule has 3 unspecified atom stereocenters. The first-order valence-electron chi connectivity index (χ1n) is 8.60. The number of halogens is 3. The second-order valence-electron chi connectivity index (χ2n) is 7.19. The Bertz CT molecular complexity index is 560. The van der Waals surface area contributed by atoms with Crippen molar-refractivity contribution in [3.63, 3.8) is 0 Å². The van der Waals surface area contributed by atoms with Crippen LogP contribution in [0.1, 0.15) is 37.8 Å². The molecule has 1 fully saturated rings. The fraction of sp³-hybridized carbons (Fsp3) is 0.875. The van der Waals surface area contributed by atoms with Crippen molar-refractivity contribution >= 4 is 0 Å². The number of hydrogen-bond donors (Lipinski definition) is 0. The van der Waals surface area contributed by atoms with Gasteiger partial charge in [-0.15, -0.1) is 10.2 Å². The molecule has 0 saturated carbocycles. The van der Waals surface area contributed by atoms with Gasteiger partial charge >= 0.3 is 6.18 Å². The van der Waals surface area contributed by atoms with Gasteiger partial charge in [0.05, 0.1) is 18.6 Å². The van der Waals surface area contributed by atoms with E-state index in [0.717, 1.165) is 26.0 Å². The first-order valence-corrected chi connectivity index (χ1v) is 8.60. The lowest BCUT2D eigenvalue weighted by Crippen LogP contribution is -2.35. The Labute approximate surface area is 140 Å². The molecule has 0 aliphatic carbocycles. The molecule has 2 aliphatic rings. The van der Waals surface area contributed by atoms with Gasteiger partial charge in [0.25, 0.3) is 0 Å². The molecule has 3 heterocycles. The minimum absolute atomic E-state index is 0.0523. The molecule has 0 radical (unpaired) electrons. The molecular weight excluding hydrogens is 321 g/mol. The van der Waals surface area contributed by atoms with E-state index in [2.05, 4.69) is 22.0 Å². The topological polar surface area (TPSA) is 43.2 Å². The van der Waals surface area contributed by atoms with Gasteiger partial charge in [-0.25, -0.2) is 0 Å². The maximum atomic E-state index is 13.0. The Morgan fingerprint density at radius 3 is 2.79 bits per heavy atom. The van der Waals surface area contributed by atoms with E-state index in [4.69, 9.17) is 4.74 Å². The Morgan fingerprint density at radius 1 is 1.29 bits per heavy atom. The van der Waals surface area contributed by atoms with Gasteiger partial charge in [0.1, 0.15) is 11.6 Å². The van der Waals surface area contributed by atoms with E-state index in [1.165, 1.54) is 0 Å². The van der Waals surface area contributed by atoms with E-state index in [1.54, 1.807) is 4.57 Å². The van der Waals surface area contributed by atoms with Crippen LogP contribution in [0.2, 0.25) is 0 Å². The van der Waals surface area contributed by atoms with Crippen molar-refractivity contribution in [3.8, 4) is 0 Å². The highest BCUT2D eigenvalue weighted by atomic mass is 19.4. The summed E-state index contributed by atoms with van der Waals surface area (Å²) >= 11 is 0. The van der Waals surface area contributed by atoms with E-state index < -0.39 is 12.1 Å². The normalized spacial score (nSPS) is 28.2. The van der Waals surface area contributed by atoms with E-state index in [0.29, 0.717) is 30.5 Å². The van der Waals surface area contributed by atoms with Crippen LogP contribution in [0.5, 0.6) is 0 Å². The second-order valence-corrected chi connectivity index (χ2v) is 7.19. The molecule has 2 aliphatic heterocycles. The third-order valence-electron chi connectivity index (χ3n) is 5.06. The third kappa shape index (κ3) is 4.08. The zero-order chi connectivity index (χ0) is 17.3. The Kier molecular flexibility index (Phi) is 5.15. The van der Waals surface area contributed by atoms with E-state index in [9.17, 15) is 13.2 Å². The van der Waals surface area contributed by atoms with E-state index >= 15 is 0 Å². The lowest BCUT2D eigenvalue weighted by molar-refractivity contribution is -0.182. The van der Waals surface area contributed by atoms with Gasteiger partial charge in [-0.2, -0.15) is 13.2 Å². The third-order valence-corrected chi connectivity index (χ3v) is 5.06. The van der Waals surface area contributed by atoms with Crippen molar-refractivity contribution < 1.29 is 17.9 Å². The summed E-state index contributed by atoms with van der Waals surface area (Å²) in [6.07, 6.45) is -1.36. The fourth-order valence-corrected chi connectivity index (χ4v) is 3.77. The summed E-state index contributed by atoms with van der Waals surface area (Å²) in [6, 6.07) is 0. The molecule has 0 aromatic carbocycles. The molecule has 3 rings (SSSR count). The van der Waals surface area contributed by atoms with Crippen LogP contribution in [0.4, 0.5) is 13.2 Å². The summed E-state index contributed by atoms with van der Waals surface area (Å²) in [5, 5.41) is 8.23. The molecular formula is C16H25F3N4O. The van der Waals surface area contributed by atoms with Gasteiger partial charge in [0.15, 0.2) is 0 Å². The van der Waals surface area contributed by atoms with Gasteiger partial charge in [0, 0.05) is 26.1 Å². The van der Waals surface area contributed by atoms with Crippen molar-refractivity contribution in [3.05, 3.63) is 11.6 Å². The average Bonchev–Trinajstić information content (AvgIpc) is 2.88. The quantitative estimate of drug-likeness (QED) is 0.841. The number of aromatic nitrogens is 3. The van der Waals surface area contributed by atoms with Crippen LogP contribution >= 0.6 is 0 Å². The van der Waals surface area contributed by atoms with Crippen LogP contribution in [-0.4, -0.2) is 52.1 Å². The number of ether oxygens (including phenoxy) is 1. The predicted octanol–water partition coefficient (Wildman–Crippen LogP) is 2.65. The number of hydrogen-bond acceptors (Lipinski definition) is 4. The molecule has 1 saturated heterocycles. The predicted molar refractivity (Wildman–Crippen MR) is 82.4 cm³/mol. The van der Waals surface area contributed by atoms with Gasteiger partial charge in [-0.05, 0) is 39.2 Å². The van der Waals surface area contributed by atoms with Crippen LogP contribution in [0.3, 0.4) is 0 Å². The van der Waals surface area contributed by atoms with Crippen molar-refractivity contribution in [2.24, 2.45) is 11.8 Å². The summed E-state index contributed by atoms with van der Waals surface area (Å²) in [5.41, 5.74) is 0. The molecule has 8 heteroatoms. The van der Waals surface area contributed by atoms with Gasteiger partial charge in [-0.1, -0.05) is 0 Å². The molecule has 0 N–H and O–H groups in total. The minimum Gasteiger partial charge on any atom is -0.378 e. The van der Waals surface area contributed by atoms with Crippen molar-refractivity contribution in [1.29, 1.82) is 0 Å². The standard InChI is InChI=1S/C16H25F3N4O/c1-11-7-12(5-6-24-11)8-22(2)10-15-21-20-14-4-3-13(9-23(14)15)16(17,18)19/h11-13H,3-10H2,1-2H3. The zero-order valence-electron chi connectivity index (χ0n) is 14.2. The average molecular weight is 346 g/mol. The lowest BCUT2D eigenvalue weighted by atomic mass is 9.96. The van der Waals surface area contributed by atoms with Crippen LogP contribution in [0.15, 0.2) is 0 Å². The highest BCUT2D eigenvalue weighted by molar-refractivity contribution is 5.01. The van der Waals surface area contributed by atoms with Gasteiger partial charge in [-0.3, -0.25) is 4.90 Å². The Hall–Kier alpha value is -1.15. The monoisotopic (exact) mass is 346 g/mol. The Morgan fingerprint density at radius 2 is 2.08 bits per heavy atom. The van der Waals surface area contributed by atoms with Crippen LogP contribution in [0.25, 0.3) is 0 Å². The van der Waals surface area contributed by atoms with E-state index in [-0.39, 0.29) is 19.1 Å². The molecule has 0 amide bonds.